The summed E-state index contributed by atoms with van der Waals surface area (Å²) in [6, 6.07) is 20.3. The predicted molar refractivity (Wildman–Crippen MR) is 128 cm³/mol. The summed E-state index contributed by atoms with van der Waals surface area (Å²) in [5, 5.41) is 0.420. The molecule has 0 atom stereocenters. The number of para-hydroxylation sites is 1. The second kappa shape index (κ2) is 9.47. The Morgan fingerprint density at radius 2 is 1.64 bits per heavy atom. The monoisotopic (exact) mass is 482 g/mol. The number of carbonyl (C=O) groups excluding carboxylic acids is 2. The fourth-order valence-corrected chi connectivity index (χ4v) is 5.45. The van der Waals surface area contributed by atoms with E-state index in [0.29, 0.717) is 22.7 Å². The maximum atomic E-state index is 13.6. The molecule has 0 bridgehead atoms. The van der Waals surface area contributed by atoms with Crippen LogP contribution in [0.3, 0.4) is 0 Å². The molecular formula is C25H23ClN2O4S. The van der Waals surface area contributed by atoms with Crippen molar-refractivity contribution in [3.8, 4) is 0 Å². The molecule has 3 aromatic carbocycles. The van der Waals surface area contributed by atoms with E-state index in [2.05, 4.69) is 0 Å². The molecule has 0 radical (unpaired) electrons. The number of hydrogen-bond acceptors (Lipinski definition) is 4. The highest BCUT2D eigenvalue weighted by atomic mass is 35.5. The van der Waals surface area contributed by atoms with Crippen LogP contribution in [0.25, 0.3) is 0 Å². The Morgan fingerprint density at radius 3 is 2.33 bits per heavy atom. The number of Topliss-reactive ketones (excluding diaryl/α,β-unsaturated/α-hetero) is 1. The number of rotatable bonds is 7. The van der Waals surface area contributed by atoms with Crippen LogP contribution in [0.4, 0.5) is 5.69 Å². The lowest BCUT2D eigenvalue weighted by Crippen LogP contribution is -2.42. The number of halogens is 1. The van der Waals surface area contributed by atoms with Crippen LogP contribution in [-0.4, -0.2) is 37.5 Å². The van der Waals surface area contributed by atoms with Crippen molar-refractivity contribution in [3.63, 3.8) is 0 Å². The van der Waals surface area contributed by atoms with Crippen molar-refractivity contribution in [1.82, 2.24) is 4.31 Å². The zero-order valence-electron chi connectivity index (χ0n) is 18.1. The lowest BCUT2D eigenvalue weighted by Gasteiger charge is -2.25. The Labute approximate surface area is 198 Å². The van der Waals surface area contributed by atoms with Gasteiger partial charge in [0.25, 0.3) is 0 Å². The predicted octanol–water partition coefficient (Wildman–Crippen LogP) is 4.32. The van der Waals surface area contributed by atoms with Gasteiger partial charge in [-0.3, -0.25) is 9.59 Å². The van der Waals surface area contributed by atoms with E-state index in [4.69, 9.17) is 11.6 Å². The third-order valence-corrected chi connectivity index (χ3v) is 7.88. The first-order valence-corrected chi connectivity index (χ1v) is 12.3. The largest absolute Gasteiger partial charge is 0.311 e. The van der Waals surface area contributed by atoms with Crippen LogP contribution in [0.5, 0.6) is 0 Å². The molecule has 6 nitrogen and oxygen atoms in total. The average molecular weight is 483 g/mol. The molecule has 8 heteroatoms. The smallest absolute Gasteiger partial charge is 0.243 e. The molecule has 0 aromatic heterocycles. The Morgan fingerprint density at radius 1 is 0.970 bits per heavy atom. The fourth-order valence-electron chi connectivity index (χ4n) is 3.89. The van der Waals surface area contributed by atoms with Crippen LogP contribution >= 0.6 is 11.6 Å². The summed E-state index contributed by atoms with van der Waals surface area (Å²) in [7, 11) is -4.04. The summed E-state index contributed by atoms with van der Waals surface area (Å²) < 4.78 is 28.2. The van der Waals surface area contributed by atoms with Gasteiger partial charge in [-0.1, -0.05) is 60.1 Å². The van der Waals surface area contributed by atoms with Gasteiger partial charge in [0.2, 0.25) is 15.9 Å². The maximum Gasteiger partial charge on any atom is 0.243 e. The molecule has 0 aliphatic carbocycles. The van der Waals surface area contributed by atoms with E-state index in [9.17, 15) is 18.0 Å². The minimum absolute atomic E-state index is 0.00850. The number of sulfonamides is 1. The van der Waals surface area contributed by atoms with E-state index in [0.717, 1.165) is 22.0 Å². The van der Waals surface area contributed by atoms with Crippen molar-refractivity contribution in [2.75, 3.05) is 18.0 Å². The summed E-state index contributed by atoms with van der Waals surface area (Å²) in [5.74, 6) is -0.467. The summed E-state index contributed by atoms with van der Waals surface area (Å²) in [6.45, 7) is 1.53. The van der Waals surface area contributed by atoms with Crippen LogP contribution < -0.4 is 4.90 Å². The Balaban J connectivity index is 1.67. The molecule has 0 N–H and O–H groups in total. The van der Waals surface area contributed by atoms with E-state index in [1.807, 2.05) is 24.3 Å². The van der Waals surface area contributed by atoms with Gasteiger partial charge in [0.15, 0.2) is 5.78 Å². The number of carbonyl (C=O) groups is 2. The third-order valence-electron chi connectivity index (χ3n) is 5.70. The number of benzene rings is 3. The number of ketones is 1. The molecule has 1 aliphatic rings. The van der Waals surface area contributed by atoms with Crippen molar-refractivity contribution in [1.29, 1.82) is 0 Å². The zero-order chi connectivity index (χ0) is 23.6. The molecule has 4 rings (SSSR count). The second-order valence-corrected chi connectivity index (χ2v) is 10.2. The SMILES string of the molecule is CC(=O)c1ccc(S(=O)(=O)N(CC(=O)N2CCc3ccccc32)Cc2ccccc2Cl)cc1. The lowest BCUT2D eigenvalue weighted by atomic mass is 10.2. The lowest BCUT2D eigenvalue weighted by molar-refractivity contribution is -0.118. The Bertz CT molecular complexity index is 1310. The molecule has 1 amide bonds. The molecular weight excluding hydrogens is 460 g/mol. The van der Waals surface area contributed by atoms with E-state index in [-0.39, 0.29) is 29.7 Å². The highest BCUT2D eigenvalue weighted by molar-refractivity contribution is 7.89. The number of nitrogens with zero attached hydrogens (tertiary/aromatic N) is 2. The first-order chi connectivity index (χ1) is 15.8. The van der Waals surface area contributed by atoms with Gasteiger partial charge in [0.05, 0.1) is 11.4 Å². The van der Waals surface area contributed by atoms with Gasteiger partial charge in [-0.2, -0.15) is 4.31 Å². The van der Waals surface area contributed by atoms with Crippen molar-refractivity contribution in [2.45, 2.75) is 24.8 Å². The molecule has 170 valence electrons. The summed E-state index contributed by atoms with van der Waals surface area (Å²) >= 11 is 6.30. The second-order valence-electron chi connectivity index (χ2n) is 7.87. The van der Waals surface area contributed by atoms with Gasteiger partial charge in [-0.15, -0.1) is 0 Å². The Kier molecular flexibility index (Phi) is 6.65. The molecule has 1 aliphatic heterocycles. The quantitative estimate of drug-likeness (QED) is 0.470. The van der Waals surface area contributed by atoms with E-state index in [1.165, 1.54) is 31.2 Å². The van der Waals surface area contributed by atoms with Gasteiger partial charge in [-0.25, -0.2) is 8.42 Å². The number of anilines is 1. The molecule has 0 spiro atoms. The molecule has 0 unspecified atom stereocenters. The average Bonchev–Trinajstić information content (AvgIpc) is 3.24. The van der Waals surface area contributed by atoms with Crippen LogP contribution in [0.2, 0.25) is 5.02 Å². The summed E-state index contributed by atoms with van der Waals surface area (Å²) in [5.41, 5.74) is 2.88. The van der Waals surface area contributed by atoms with Crippen LogP contribution in [-0.2, 0) is 27.8 Å². The minimum Gasteiger partial charge on any atom is -0.311 e. The highest BCUT2D eigenvalue weighted by Crippen LogP contribution is 2.29. The third kappa shape index (κ3) is 4.85. The van der Waals surface area contributed by atoms with Gasteiger partial charge < -0.3 is 4.90 Å². The van der Waals surface area contributed by atoms with E-state index in [1.54, 1.807) is 29.2 Å². The van der Waals surface area contributed by atoms with Crippen molar-refractivity contribution >= 4 is 39.0 Å². The summed E-state index contributed by atoms with van der Waals surface area (Å²) in [6.07, 6.45) is 0.728. The van der Waals surface area contributed by atoms with Gasteiger partial charge in [0, 0.05) is 29.4 Å². The normalized spacial score (nSPS) is 13.2. The topological polar surface area (TPSA) is 74.8 Å². The molecule has 0 saturated carbocycles. The van der Waals surface area contributed by atoms with Gasteiger partial charge in [-0.05, 0) is 48.7 Å². The Hall–Kier alpha value is -3.00. The molecule has 0 fully saturated rings. The minimum atomic E-state index is -4.04. The maximum absolute atomic E-state index is 13.6. The molecule has 33 heavy (non-hydrogen) atoms. The van der Waals surface area contributed by atoms with E-state index >= 15 is 0 Å². The number of hydrogen-bond donors (Lipinski definition) is 0. The van der Waals surface area contributed by atoms with Crippen molar-refractivity contribution in [2.24, 2.45) is 0 Å². The van der Waals surface area contributed by atoms with Crippen LogP contribution in [0.15, 0.2) is 77.7 Å². The van der Waals surface area contributed by atoms with Crippen molar-refractivity contribution < 1.29 is 18.0 Å². The number of fused-ring (bicyclic) bond motifs is 1. The first-order valence-electron chi connectivity index (χ1n) is 10.5. The summed E-state index contributed by atoms with van der Waals surface area (Å²) in [4.78, 5) is 26.5. The highest BCUT2D eigenvalue weighted by Gasteiger charge is 2.31. The molecule has 0 saturated heterocycles. The van der Waals surface area contributed by atoms with Gasteiger partial charge in [0.1, 0.15) is 0 Å². The zero-order valence-corrected chi connectivity index (χ0v) is 19.6. The first kappa shape index (κ1) is 23.2. The standard InChI is InChI=1S/C25H23ClN2O4S/c1-18(29)19-10-12-22(13-11-19)33(31,32)27(16-21-7-2-4-8-23(21)26)17-25(30)28-15-14-20-6-3-5-9-24(20)28/h2-13H,14-17H2,1H3. The molecule has 1 heterocycles. The van der Waals surface area contributed by atoms with Crippen molar-refractivity contribution in [3.05, 3.63) is 94.5 Å². The number of amides is 1. The molecule has 3 aromatic rings. The van der Waals surface area contributed by atoms with Crippen LogP contribution in [0.1, 0.15) is 28.4 Å². The van der Waals surface area contributed by atoms with E-state index < -0.39 is 10.0 Å². The fraction of sp³-hybridized carbons (Fsp3) is 0.200. The van der Waals surface area contributed by atoms with Gasteiger partial charge >= 0.3 is 0 Å². The van der Waals surface area contributed by atoms with Crippen LogP contribution in [0, 0.1) is 0 Å².